The minimum absolute atomic E-state index is 0.0745. The Labute approximate surface area is 146 Å². The van der Waals surface area contributed by atoms with Gasteiger partial charge in [0.15, 0.2) is 0 Å². The van der Waals surface area contributed by atoms with Crippen LogP contribution in [0.15, 0.2) is 29.4 Å². The first-order valence-corrected chi connectivity index (χ1v) is 8.75. The molecule has 0 saturated heterocycles. The summed E-state index contributed by atoms with van der Waals surface area (Å²) < 4.78 is 1.45. The van der Waals surface area contributed by atoms with E-state index in [2.05, 4.69) is 20.4 Å². The average molecular weight is 357 g/mol. The number of nitrogens with one attached hydrogen (secondary N) is 1. The standard InChI is InChI=1S/C15H15N7O2S/c16-21-14(13-11-2-1-3-12(11)17-18-13)19-20-15(21)25-8-9-4-6-10(7-5-9)22(23)24/h4-7H,1-3,8,16H2,(H,17,18). The van der Waals surface area contributed by atoms with Crippen LogP contribution in [0, 0.1) is 10.1 Å². The molecule has 2 heterocycles. The van der Waals surface area contributed by atoms with Crippen LogP contribution in [0.5, 0.6) is 0 Å². The van der Waals surface area contributed by atoms with E-state index in [1.54, 1.807) is 12.1 Å². The summed E-state index contributed by atoms with van der Waals surface area (Å²) in [7, 11) is 0. The molecule has 0 atom stereocenters. The zero-order chi connectivity index (χ0) is 17.4. The molecule has 1 aliphatic carbocycles. The van der Waals surface area contributed by atoms with Crippen molar-refractivity contribution in [1.29, 1.82) is 0 Å². The molecule has 4 rings (SSSR count). The minimum atomic E-state index is -0.415. The number of nitro groups is 1. The Balaban J connectivity index is 1.50. The molecule has 1 aromatic carbocycles. The SMILES string of the molecule is Nn1c(SCc2ccc([N+](=O)[O-])cc2)nnc1-c1n[nH]c2c1CCC2. The second-order valence-electron chi connectivity index (χ2n) is 5.77. The summed E-state index contributed by atoms with van der Waals surface area (Å²) in [4.78, 5) is 10.3. The molecule has 3 aromatic rings. The van der Waals surface area contributed by atoms with Gasteiger partial charge in [0.25, 0.3) is 5.69 Å². The Bertz CT molecular complexity index is 932. The van der Waals surface area contributed by atoms with Gasteiger partial charge in [-0.05, 0) is 24.8 Å². The van der Waals surface area contributed by atoms with Gasteiger partial charge in [-0.3, -0.25) is 15.2 Å². The van der Waals surface area contributed by atoms with Crippen LogP contribution in [0.2, 0.25) is 0 Å². The van der Waals surface area contributed by atoms with Gasteiger partial charge < -0.3 is 5.84 Å². The lowest BCUT2D eigenvalue weighted by molar-refractivity contribution is -0.384. The van der Waals surface area contributed by atoms with E-state index in [1.165, 1.54) is 34.1 Å². The fraction of sp³-hybridized carbons (Fsp3) is 0.267. The van der Waals surface area contributed by atoms with Crippen molar-refractivity contribution in [3.8, 4) is 11.5 Å². The lowest BCUT2D eigenvalue weighted by atomic mass is 10.2. The number of H-pyrrole nitrogens is 1. The number of nitrogen functional groups attached to an aromatic ring is 1. The van der Waals surface area contributed by atoms with Crippen LogP contribution < -0.4 is 5.84 Å². The molecule has 3 N–H and O–H groups in total. The van der Waals surface area contributed by atoms with Gasteiger partial charge in [-0.2, -0.15) is 5.10 Å². The summed E-state index contributed by atoms with van der Waals surface area (Å²) in [6.07, 6.45) is 3.08. The number of hydrogen-bond acceptors (Lipinski definition) is 7. The number of nitro benzene ring substituents is 1. The van der Waals surface area contributed by atoms with E-state index < -0.39 is 4.92 Å². The molecular weight excluding hydrogens is 342 g/mol. The third-order valence-corrected chi connectivity index (χ3v) is 5.21. The quantitative estimate of drug-likeness (QED) is 0.309. The molecule has 0 bridgehead atoms. The molecule has 25 heavy (non-hydrogen) atoms. The van der Waals surface area contributed by atoms with Gasteiger partial charge in [-0.25, -0.2) is 4.68 Å². The molecule has 9 nitrogen and oxygen atoms in total. The van der Waals surface area contributed by atoms with Crippen LogP contribution >= 0.6 is 11.8 Å². The monoisotopic (exact) mass is 357 g/mol. The van der Waals surface area contributed by atoms with Gasteiger partial charge in [0.05, 0.1) is 4.92 Å². The highest BCUT2D eigenvalue weighted by Crippen LogP contribution is 2.30. The third kappa shape index (κ3) is 2.84. The summed E-state index contributed by atoms with van der Waals surface area (Å²) in [5.74, 6) is 7.28. The number of nitrogens with zero attached hydrogens (tertiary/aromatic N) is 5. The Morgan fingerprint density at radius 3 is 2.84 bits per heavy atom. The first-order chi connectivity index (χ1) is 12.1. The van der Waals surface area contributed by atoms with Gasteiger partial charge in [0, 0.05) is 29.1 Å². The fourth-order valence-corrected chi connectivity index (χ4v) is 3.72. The lowest BCUT2D eigenvalue weighted by Gasteiger charge is -2.03. The van der Waals surface area contributed by atoms with E-state index in [0.717, 1.165) is 36.2 Å². The van der Waals surface area contributed by atoms with Crippen LogP contribution in [0.3, 0.4) is 0 Å². The van der Waals surface area contributed by atoms with Gasteiger partial charge >= 0.3 is 0 Å². The number of benzene rings is 1. The Morgan fingerprint density at radius 2 is 2.08 bits per heavy atom. The molecule has 128 valence electrons. The fourth-order valence-electron chi connectivity index (χ4n) is 2.90. The van der Waals surface area contributed by atoms with Gasteiger partial charge in [-0.1, -0.05) is 23.9 Å². The Morgan fingerprint density at radius 1 is 1.28 bits per heavy atom. The van der Waals surface area contributed by atoms with Crippen molar-refractivity contribution in [3.63, 3.8) is 0 Å². The molecule has 0 saturated carbocycles. The van der Waals surface area contributed by atoms with Crippen molar-refractivity contribution in [1.82, 2.24) is 25.1 Å². The van der Waals surface area contributed by atoms with Crippen LogP contribution in [0.1, 0.15) is 23.2 Å². The van der Waals surface area contributed by atoms with Crippen LogP contribution in [0.4, 0.5) is 5.69 Å². The highest BCUT2D eigenvalue weighted by molar-refractivity contribution is 7.98. The van der Waals surface area contributed by atoms with E-state index >= 15 is 0 Å². The van der Waals surface area contributed by atoms with Gasteiger partial charge in [0.1, 0.15) is 5.69 Å². The number of non-ortho nitro benzene ring substituents is 1. The second-order valence-corrected chi connectivity index (χ2v) is 6.71. The maximum absolute atomic E-state index is 10.7. The number of fused-ring (bicyclic) bond motifs is 1. The van der Waals surface area contributed by atoms with Gasteiger partial charge in [0.2, 0.25) is 11.0 Å². The number of rotatable bonds is 5. The molecule has 0 aliphatic heterocycles. The number of aromatic nitrogens is 5. The molecule has 0 amide bonds. The van der Waals surface area contributed by atoms with E-state index in [-0.39, 0.29) is 5.69 Å². The summed E-state index contributed by atoms with van der Waals surface area (Å²) in [5.41, 5.74) is 4.11. The summed E-state index contributed by atoms with van der Waals surface area (Å²) in [5, 5.41) is 27.0. The second kappa shape index (κ2) is 6.20. The van der Waals surface area contributed by atoms with Crippen molar-refractivity contribution in [3.05, 3.63) is 51.2 Å². The first kappa shape index (κ1) is 15.6. The molecule has 10 heteroatoms. The summed E-state index contributed by atoms with van der Waals surface area (Å²) in [6.45, 7) is 0. The number of thioether (sulfide) groups is 1. The molecule has 2 aromatic heterocycles. The first-order valence-electron chi connectivity index (χ1n) is 7.76. The average Bonchev–Trinajstić information content (AvgIpc) is 3.30. The summed E-state index contributed by atoms with van der Waals surface area (Å²) in [6, 6.07) is 6.43. The molecule has 0 radical (unpaired) electrons. The number of aromatic amines is 1. The normalized spacial score (nSPS) is 13.1. The Hall–Kier alpha value is -2.88. The highest BCUT2D eigenvalue weighted by Gasteiger charge is 2.24. The maximum atomic E-state index is 10.7. The van der Waals surface area contributed by atoms with Crippen LogP contribution in [-0.4, -0.2) is 30.0 Å². The van der Waals surface area contributed by atoms with E-state index in [4.69, 9.17) is 5.84 Å². The molecule has 0 unspecified atom stereocenters. The van der Waals surface area contributed by atoms with Crippen molar-refractivity contribution in [2.24, 2.45) is 0 Å². The van der Waals surface area contributed by atoms with E-state index in [1.807, 2.05) is 0 Å². The minimum Gasteiger partial charge on any atom is -0.335 e. The van der Waals surface area contributed by atoms with Gasteiger partial charge in [-0.15, -0.1) is 10.2 Å². The number of nitrogens with two attached hydrogens (primary N) is 1. The maximum Gasteiger partial charge on any atom is 0.269 e. The number of hydrogen-bond donors (Lipinski definition) is 2. The van der Waals surface area contributed by atoms with Crippen molar-refractivity contribution in [2.45, 2.75) is 30.2 Å². The smallest absolute Gasteiger partial charge is 0.269 e. The zero-order valence-corrected chi connectivity index (χ0v) is 14.0. The van der Waals surface area contributed by atoms with Crippen molar-refractivity contribution >= 4 is 17.4 Å². The molecule has 0 fully saturated rings. The largest absolute Gasteiger partial charge is 0.335 e. The highest BCUT2D eigenvalue weighted by atomic mass is 32.2. The third-order valence-electron chi connectivity index (χ3n) is 4.20. The zero-order valence-electron chi connectivity index (χ0n) is 13.2. The van der Waals surface area contributed by atoms with Crippen LogP contribution in [0.25, 0.3) is 11.5 Å². The van der Waals surface area contributed by atoms with Crippen LogP contribution in [-0.2, 0) is 18.6 Å². The van der Waals surface area contributed by atoms with E-state index in [0.29, 0.717) is 16.7 Å². The predicted octanol–water partition coefficient (Wildman–Crippen LogP) is 2.07. The molecular formula is C15H15N7O2S. The van der Waals surface area contributed by atoms with Crippen molar-refractivity contribution < 1.29 is 4.92 Å². The van der Waals surface area contributed by atoms with E-state index in [9.17, 15) is 10.1 Å². The number of aryl methyl sites for hydroxylation is 1. The summed E-state index contributed by atoms with van der Waals surface area (Å²) >= 11 is 1.42. The predicted molar refractivity (Wildman–Crippen MR) is 92.4 cm³/mol. The topological polar surface area (TPSA) is 129 Å². The van der Waals surface area contributed by atoms with Crippen molar-refractivity contribution in [2.75, 3.05) is 5.84 Å². The Kier molecular flexibility index (Phi) is 3.88. The molecule has 1 aliphatic rings. The lowest BCUT2D eigenvalue weighted by Crippen LogP contribution is -2.12. The molecule has 0 spiro atoms.